The predicted molar refractivity (Wildman–Crippen MR) is 101 cm³/mol. The van der Waals surface area contributed by atoms with Gasteiger partial charge in [-0.1, -0.05) is 18.2 Å². The molecule has 2 aromatic rings. The molecule has 2 heterocycles. The Morgan fingerprint density at radius 1 is 1.21 bits per heavy atom. The number of benzene rings is 1. The Morgan fingerprint density at radius 2 is 1.93 bits per heavy atom. The molecule has 0 radical (unpaired) electrons. The first-order valence-corrected chi connectivity index (χ1v) is 10.9. The number of hydrogen-bond acceptors (Lipinski definition) is 4. The van der Waals surface area contributed by atoms with Crippen molar-refractivity contribution in [2.45, 2.75) is 43.8 Å². The second-order valence-electron chi connectivity index (χ2n) is 7.43. The average Bonchev–Trinajstić information content (AvgIpc) is 3.52. The van der Waals surface area contributed by atoms with Crippen molar-refractivity contribution in [3.63, 3.8) is 0 Å². The van der Waals surface area contributed by atoms with Gasteiger partial charge in [0.05, 0.1) is 0 Å². The molecule has 1 aromatic carbocycles. The molecule has 8 heteroatoms. The molecule has 2 aliphatic rings. The lowest BCUT2D eigenvalue weighted by atomic mass is 10.1. The third kappa shape index (κ3) is 3.93. The number of carbonyl (C=O) groups is 1. The smallest absolute Gasteiger partial charge is 0.258 e. The summed E-state index contributed by atoms with van der Waals surface area (Å²) in [6, 6.07) is 8.39. The molecule has 1 saturated carbocycles. The van der Waals surface area contributed by atoms with Gasteiger partial charge in [-0.05, 0) is 49.1 Å². The molecule has 1 N–H and O–H groups in total. The van der Waals surface area contributed by atoms with Gasteiger partial charge in [0.2, 0.25) is 5.91 Å². The first-order valence-electron chi connectivity index (χ1n) is 9.39. The summed E-state index contributed by atoms with van der Waals surface area (Å²) in [5, 5.41) is -0.0396. The molecule has 148 valence electrons. The quantitative estimate of drug-likeness (QED) is 0.832. The van der Waals surface area contributed by atoms with E-state index in [9.17, 15) is 17.6 Å². The minimum Gasteiger partial charge on any atom is -0.338 e. The van der Waals surface area contributed by atoms with Gasteiger partial charge in [-0.25, -0.2) is 22.5 Å². The van der Waals surface area contributed by atoms with Crippen LogP contribution in [0.4, 0.5) is 4.39 Å². The Kier molecular flexibility index (Phi) is 4.93. The number of sulfonamides is 1. The highest BCUT2D eigenvalue weighted by atomic mass is 32.2. The molecule has 0 spiro atoms. The largest absolute Gasteiger partial charge is 0.338 e. The molecule has 1 fully saturated rings. The first kappa shape index (κ1) is 19.0. The SMILES string of the molecule is CC(NS(=O)(=O)c1ccc2c(n1)CCN(C(=O)C1CC1)C2)c1ccc(F)cc1. The zero-order chi connectivity index (χ0) is 19.9. The van der Waals surface area contributed by atoms with Gasteiger partial charge < -0.3 is 4.90 Å². The number of carbonyl (C=O) groups excluding carboxylic acids is 1. The fraction of sp³-hybridized carbons (Fsp3) is 0.400. The first-order chi connectivity index (χ1) is 13.3. The maximum Gasteiger partial charge on any atom is 0.258 e. The van der Waals surface area contributed by atoms with Crippen LogP contribution in [-0.4, -0.2) is 30.8 Å². The summed E-state index contributed by atoms with van der Waals surface area (Å²) >= 11 is 0. The van der Waals surface area contributed by atoms with Crippen LogP contribution in [0.5, 0.6) is 0 Å². The Morgan fingerprint density at radius 3 is 2.61 bits per heavy atom. The van der Waals surface area contributed by atoms with Crippen LogP contribution in [-0.2, 0) is 27.8 Å². The van der Waals surface area contributed by atoms with Crippen LogP contribution in [0.3, 0.4) is 0 Å². The topological polar surface area (TPSA) is 79.4 Å². The van der Waals surface area contributed by atoms with Crippen molar-refractivity contribution in [3.05, 3.63) is 59.0 Å². The Bertz CT molecular complexity index is 1000. The van der Waals surface area contributed by atoms with Gasteiger partial charge in [0, 0.05) is 37.2 Å². The number of halogens is 1. The fourth-order valence-corrected chi connectivity index (χ4v) is 4.63. The lowest BCUT2D eigenvalue weighted by molar-refractivity contribution is -0.133. The number of hydrogen-bond donors (Lipinski definition) is 1. The molecule has 1 atom stereocenters. The number of rotatable bonds is 5. The van der Waals surface area contributed by atoms with Crippen molar-refractivity contribution < 1.29 is 17.6 Å². The summed E-state index contributed by atoms with van der Waals surface area (Å²) in [6.45, 7) is 2.75. The van der Waals surface area contributed by atoms with Crippen molar-refractivity contribution in [2.75, 3.05) is 6.54 Å². The van der Waals surface area contributed by atoms with Gasteiger partial charge in [0.1, 0.15) is 5.82 Å². The second-order valence-corrected chi connectivity index (χ2v) is 9.09. The van der Waals surface area contributed by atoms with Crippen molar-refractivity contribution in [1.82, 2.24) is 14.6 Å². The highest BCUT2D eigenvalue weighted by molar-refractivity contribution is 7.89. The van der Waals surface area contributed by atoms with Crippen LogP contribution < -0.4 is 4.72 Å². The number of amides is 1. The van der Waals surface area contributed by atoms with Gasteiger partial charge in [-0.15, -0.1) is 0 Å². The van der Waals surface area contributed by atoms with Gasteiger partial charge in [0.25, 0.3) is 10.0 Å². The molecule has 4 rings (SSSR count). The lowest BCUT2D eigenvalue weighted by Gasteiger charge is -2.28. The normalized spacial score (nSPS) is 17.9. The van der Waals surface area contributed by atoms with E-state index < -0.39 is 16.1 Å². The summed E-state index contributed by atoms with van der Waals surface area (Å²) in [7, 11) is -3.82. The number of fused-ring (bicyclic) bond motifs is 1. The third-order valence-electron chi connectivity index (χ3n) is 5.24. The third-order valence-corrected chi connectivity index (χ3v) is 6.68. The molecule has 6 nitrogen and oxygen atoms in total. The summed E-state index contributed by atoms with van der Waals surface area (Å²) in [5.41, 5.74) is 2.28. The van der Waals surface area contributed by atoms with E-state index in [2.05, 4.69) is 9.71 Å². The molecular formula is C20H22FN3O3S. The molecule has 1 amide bonds. The van der Waals surface area contributed by atoms with Crippen LogP contribution in [0.15, 0.2) is 41.4 Å². The standard InChI is InChI=1S/C20H22FN3O3S/c1-13(14-4-7-17(21)8-5-14)23-28(26,27)19-9-6-16-12-24(11-10-18(16)22-19)20(25)15-2-3-15/h4-9,13,15,23H,2-3,10-12H2,1H3. The van der Waals surface area contributed by atoms with Crippen molar-refractivity contribution in [2.24, 2.45) is 5.92 Å². The second kappa shape index (κ2) is 7.25. The number of nitrogens with one attached hydrogen (secondary N) is 1. The maximum atomic E-state index is 13.1. The van der Waals surface area contributed by atoms with Crippen LogP contribution in [0.25, 0.3) is 0 Å². The molecule has 28 heavy (non-hydrogen) atoms. The molecule has 1 aromatic heterocycles. The van der Waals surface area contributed by atoms with Crippen LogP contribution in [0.1, 0.15) is 42.6 Å². The molecule has 1 unspecified atom stereocenters. The summed E-state index contributed by atoms with van der Waals surface area (Å²) < 4.78 is 41.1. The van der Waals surface area contributed by atoms with Crippen LogP contribution in [0, 0.1) is 11.7 Å². The highest BCUT2D eigenvalue weighted by Crippen LogP contribution is 2.32. The van der Waals surface area contributed by atoms with E-state index in [1.807, 2.05) is 4.90 Å². The molecule has 1 aliphatic heterocycles. The van der Waals surface area contributed by atoms with Crippen LogP contribution in [0.2, 0.25) is 0 Å². The molecular weight excluding hydrogens is 381 g/mol. The maximum absolute atomic E-state index is 13.1. The molecule has 1 aliphatic carbocycles. The highest BCUT2D eigenvalue weighted by Gasteiger charge is 2.35. The number of aromatic nitrogens is 1. The Balaban J connectivity index is 1.49. The average molecular weight is 403 g/mol. The van der Waals surface area contributed by atoms with E-state index in [1.54, 1.807) is 25.1 Å². The Labute approximate surface area is 163 Å². The Hall–Kier alpha value is -2.32. The van der Waals surface area contributed by atoms with E-state index >= 15 is 0 Å². The van der Waals surface area contributed by atoms with E-state index in [4.69, 9.17) is 0 Å². The van der Waals surface area contributed by atoms with Gasteiger partial charge in [0.15, 0.2) is 5.03 Å². The molecule has 0 bridgehead atoms. The number of nitrogens with zero attached hydrogens (tertiary/aromatic N) is 2. The zero-order valence-electron chi connectivity index (χ0n) is 15.6. The van der Waals surface area contributed by atoms with Crippen molar-refractivity contribution >= 4 is 15.9 Å². The van der Waals surface area contributed by atoms with E-state index in [0.717, 1.165) is 24.1 Å². The molecule has 0 saturated heterocycles. The summed E-state index contributed by atoms with van der Waals surface area (Å²) in [4.78, 5) is 18.4. The minimum atomic E-state index is -3.82. The summed E-state index contributed by atoms with van der Waals surface area (Å²) in [5.74, 6) is -0.00665. The van der Waals surface area contributed by atoms with E-state index in [0.29, 0.717) is 25.1 Å². The fourth-order valence-electron chi connectivity index (χ4n) is 3.43. The van der Waals surface area contributed by atoms with Crippen molar-refractivity contribution in [1.29, 1.82) is 0 Å². The summed E-state index contributed by atoms with van der Waals surface area (Å²) in [6.07, 6.45) is 2.48. The van der Waals surface area contributed by atoms with Crippen LogP contribution >= 0.6 is 0 Å². The van der Waals surface area contributed by atoms with Gasteiger partial charge in [-0.2, -0.15) is 0 Å². The van der Waals surface area contributed by atoms with Crippen molar-refractivity contribution in [3.8, 4) is 0 Å². The zero-order valence-corrected chi connectivity index (χ0v) is 16.4. The predicted octanol–water partition coefficient (Wildman–Crippen LogP) is 2.55. The lowest BCUT2D eigenvalue weighted by Crippen LogP contribution is -2.37. The van der Waals surface area contributed by atoms with Gasteiger partial charge >= 0.3 is 0 Å². The minimum absolute atomic E-state index is 0.0396. The number of pyridine rings is 1. The van der Waals surface area contributed by atoms with E-state index in [1.165, 1.54) is 18.2 Å². The monoisotopic (exact) mass is 403 g/mol. The van der Waals surface area contributed by atoms with Gasteiger partial charge in [-0.3, -0.25) is 4.79 Å². The van der Waals surface area contributed by atoms with E-state index in [-0.39, 0.29) is 22.7 Å².